The van der Waals surface area contributed by atoms with Gasteiger partial charge >= 0.3 is 0 Å². The molecule has 0 spiro atoms. The van der Waals surface area contributed by atoms with Crippen molar-refractivity contribution in [2.75, 3.05) is 5.32 Å². The fourth-order valence-electron chi connectivity index (χ4n) is 2.30. The predicted octanol–water partition coefficient (Wildman–Crippen LogP) is 5.93. The first-order valence-electron chi connectivity index (χ1n) is 7.65. The predicted molar refractivity (Wildman–Crippen MR) is 104 cm³/mol. The van der Waals surface area contributed by atoms with Gasteiger partial charge in [-0.15, -0.1) is 0 Å². The first kappa shape index (κ1) is 17.5. The van der Waals surface area contributed by atoms with E-state index in [1.807, 2.05) is 36.4 Å². The number of amides is 1. The zero-order valence-electron chi connectivity index (χ0n) is 13.2. The standard InChI is InChI=1S/C20H15BrClNO2/c21-15-9-10-18(20(24)23-17-8-4-7-16(22)12-17)19(11-15)25-13-14-5-2-1-3-6-14/h1-12H,13H2,(H,23,24). The van der Waals surface area contributed by atoms with E-state index in [4.69, 9.17) is 16.3 Å². The number of benzene rings is 3. The zero-order chi connectivity index (χ0) is 17.6. The van der Waals surface area contributed by atoms with Crippen LogP contribution in [0.4, 0.5) is 5.69 Å². The van der Waals surface area contributed by atoms with E-state index in [0.717, 1.165) is 10.0 Å². The molecular formula is C20H15BrClNO2. The van der Waals surface area contributed by atoms with Crippen LogP contribution in [0.3, 0.4) is 0 Å². The highest BCUT2D eigenvalue weighted by Crippen LogP contribution is 2.26. The molecule has 0 radical (unpaired) electrons. The Morgan fingerprint density at radius 2 is 1.80 bits per heavy atom. The third-order valence-electron chi connectivity index (χ3n) is 3.51. The molecule has 0 aliphatic rings. The van der Waals surface area contributed by atoms with Crippen molar-refractivity contribution in [3.8, 4) is 5.75 Å². The second-order valence-electron chi connectivity index (χ2n) is 5.38. The van der Waals surface area contributed by atoms with Crippen molar-refractivity contribution in [2.24, 2.45) is 0 Å². The Bertz CT molecular complexity index is 884. The van der Waals surface area contributed by atoms with Crippen LogP contribution < -0.4 is 10.1 Å². The summed E-state index contributed by atoms with van der Waals surface area (Å²) in [6.45, 7) is 0.384. The molecule has 3 aromatic rings. The van der Waals surface area contributed by atoms with Crippen molar-refractivity contribution in [3.05, 3.63) is 93.4 Å². The molecule has 1 amide bonds. The molecule has 3 nitrogen and oxygen atoms in total. The largest absolute Gasteiger partial charge is 0.488 e. The lowest BCUT2D eigenvalue weighted by molar-refractivity contribution is 0.102. The van der Waals surface area contributed by atoms with Crippen molar-refractivity contribution in [1.82, 2.24) is 0 Å². The summed E-state index contributed by atoms with van der Waals surface area (Å²) < 4.78 is 6.71. The lowest BCUT2D eigenvalue weighted by atomic mass is 10.1. The molecule has 0 aromatic heterocycles. The molecule has 0 saturated heterocycles. The minimum Gasteiger partial charge on any atom is -0.488 e. The summed E-state index contributed by atoms with van der Waals surface area (Å²) in [5, 5.41) is 3.40. The van der Waals surface area contributed by atoms with Crippen LogP contribution >= 0.6 is 27.5 Å². The summed E-state index contributed by atoms with van der Waals surface area (Å²) in [5.41, 5.74) is 2.12. The number of anilines is 1. The van der Waals surface area contributed by atoms with Crippen molar-refractivity contribution in [3.63, 3.8) is 0 Å². The van der Waals surface area contributed by atoms with Crippen LogP contribution in [0.2, 0.25) is 5.02 Å². The molecule has 0 saturated carbocycles. The molecule has 0 heterocycles. The molecule has 3 aromatic carbocycles. The van der Waals surface area contributed by atoms with Crippen LogP contribution in [0.1, 0.15) is 15.9 Å². The zero-order valence-corrected chi connectivity index (χ0v) is 15.5. The van der Waals surface area contributed by atoms with E-state index < -0.39 is 0 Å². The van der Waals surface area contributed by atoms with Crippen molar-refractivity contribution < 1.29 is 9.53 Å². The quantitative estimate of drug-likeness (QED) is 0.559. The third kappa shape index (κ3) is 4.84. The highest BCUT2D eigenvalue weighted by Gasteiger charge is 2.14. The highest BCUT2D eigenvalue weighted by atomic mass is 79.9. The van der Waals surface area contributed by atoms with Crippen LogP contribution in [-0.2, 0) is 6.61 Å². The molecule has 0 atom stereocenters. The monoisotopic (exact) mass is 415 g/mol. The molecule has 5 heteroatoms. The van der Waals surface area contributed by atoms with Gasteiger partial charge in [-0.2, -0.15) is 0 Å². The van der Waals surface area contributed by atoms with Gasteiger partial charge in [-0.05, 0) is 42.0 Å². The molecule has 0 unspecified atom stereocenters. The number of rotatable bonds is 5. The van der Waals surface area contributed by atoms with Crippen LogP contribution in [0.25, 0.3) is 0 Å². The average Bonchev–Trinajstić information content (AvgIpc) is 2.61. The normalized spacial score (nSPS) is 10.3. The first-order chi connectivity index (χ1) is 12.1. The number of nitrogens with one attached hydrogen (secondary N) is 1. The van der Waals surface area contributed by atoms with E-state index in [1.54, 1.807) is 36.4 Å². The second-order valence-corrected chi connectivity index (χ2v) is 6.73. The van der Waals surface area contributed by atoms with Crippen molar-refractivity contribution >= 4 is 39.1 Å². The highest BCUT2D eigenvalue weighted by molar-refractivity contribution is 9.10. The minimum absolute atomic E-state index is 0.252. The summed E-state index contributed by atoms with van der Waals surface area (Å²) in [4.78, 5) is 12.6. The lowest BCUT2D eigenvalue weighted by Gasteiger charge is -2.12. The fraction of sp³-hybridized carbons (Fsp3) is 0.0500. The Hall–Kier alpha value is -2.30. The van der Waals surface area contributed by atoms with Gasteiger partial charge in [0.05, 0.1) is 5.56 Å². The number of hydrogen-bond acceptors (Lipinski definition) is 2. The number of carbonyl (C=O) groups is 1. The molecule has 0 bridgehead atoms. The minimum atomic E-state index is -0.252. The fourth-order valence-corrected chi connectivity index (χ4v) is 2.83. The van der Waals surface area contributed by atoms with Gasteiger partial charge in [0.1, 0.15) is 12.4 Å². The smallest absolute Gasteiger partial charge is 0.259 e. The van der Waals surface area contributed by atoms with E-state index in [0.29, 0.717) is 28.6 Å². The van der Waals surface area contributed by atoms with E-state index in [-0.39, 0.29) is 5.91 Å². The van der Waals surface area contributed by atoms with Gasteiger partial charge in [-0.3, -0.25) is 4.79 Å². The van der Waals surface area contributed by atoms with Crippen LogP contribution in [0, 0.1) is 0 Å². The molecule has 3 rings (SSSR count). The Morgan fingerprint density at radius 3 is 2.56 bits per heavy atom. The van der Waals surface area contributed by atoms with Gasteiger partial charge in [-0.1, -0.05) is 63.9 Å². The van der Waals surface area contributed by atoms with Crippen molar-refractivity contribution in [2.45, 2.75) is 6.61 Å². The summed E-state index contributed by atoms with van der Waals surface area (Å²) in [6.07, 6.45) is 0. The number of carbonyl (C=O) groups excluding carboxylic acids is 1. The Labute approximate surface area is 159 Å². The summed E-state index contributed by atoms with van der Waals surface area (Å²) in [6, 6.07) is 22.1. The maximum Gasteiger partial charge on any atom is 0.259 e. The van der Waals surface area contributed by atoms with Crippen LogP contribution in [0.5, 0.6) is 5.75 Å². The van der Waals surface area contributed by atoms with Crippen molar-refractivity contribution in [1.29, 1.82) is 0 Å². The number of ether oxygens (including phenoxy) is 1. The lowest BCUT2D eigenvalue weighted by Crippen LogP contribution is -2.13. The van der Waals surface area contributed by atoms with Gasteiger partial charge in [0.2, 0.25) is 0 Å². The van der Waals surface area contributed by atoms with Gasteiger partial charge in [0, 0.05) is 15.2 Å². The van der Waals surface area contributed by atoms with Gasteiger partial charge in [0.15, 0.2) is 0 Å². The SMILES string of the molecule is O=C(Nc1cccc(Cl)c1)c1ccc(Br)cc1OCc1ccccc1. The molecule has 0 aliphatic heterocycles. The van der Waals surface area contributed by atoms with Crippen LogP contribution in [0.15, 0.2) is 77.3 Å². The molecule has 25 heavy (non-hydrogen) atoms. The van der Waals surface area contributed by atoms with E-state index in [1.165, 1.54) is 0 Å². The van der Waals surface area contributed by atoms with Gasteiger partial charge < -0.3 is 10.1 Å². The van der Waals surface area contributed by atoms with Gasteiger partial charge in [-0.25, -0.2) is 0 Å². The summed E-state index contributed by atoms with van der Waals surface area (Å²) in [5.74, 6) is 0.260. The summed E-state index contributed by atoms with van der Waals surface area (Å²) >= 11 is 9.38. The Kier molecular flexibility index (Phi) is 5.74. The third-order valence-corrected chi connectivity index (χ3v) is 4.24. The maximum atomic E-state index is 12.6. The molecule has 1 N–H and O–H groups in total. The second kappa shape index (κ2) is 8.19. The Balaban J connectivity index is 1.79. The van der Waals surface area contributed by atoms with E-state index in [2.05, 4.69) is 21.2 Å². The molecule has 0 fully saturated rings. The number of hydrogen-bond donors (Lipinski definition) is 1. The summed E-state index contributed by atoms with van der Waals surface area (Å²) in [7, 11) is 0. The topological polar surface area (TPSA) is 38.3 Å². The molecular weight excluding hydrogens is 402 g/mol. The van der Waals surface area contributed by atoms with Gasteiger partial charge in [0.25, 0.3) is 5.91 Å². The van der Waals surface area contributed by atoms with Crippen LogP contribution in [-0.4, -0.2) is 5.91 Å². The maximum absolute atomic E-state index is 12.6. The number of halogens is 2. The Morgan fingerprint density at radius 1 is 1.00 bits per heavy atom. The first-order valence-corrected chi connectivity index (χ1v) is 8.82. The average molecular weight is 417 g/mol. The molecule has 126 valence electrons. The van der Waals surface area contributed by atoms with E-state index in [9.17, 15) is 4.79 Å². The molecule has 0 aliphatic carbocycles. The van der Waals surface area contributed by atoms with E-state index >= 15 is 0 Å².